The fraction of sp³-hybridized carbons (Fsp3) is 0.333. The van der Waals surface area contributed by atoms with Gasteiger partial charge in [-0.2, -0.15) is 0 Å². The van der Waals surface area contributed by atoms with Crippen LogP contribution >= 0.6 is 14.7 Å². The minimum Gasteiger partial charge on any atom is -0.481 e. The van der Waals surface area contributed by atoms with Crippen molar-refractivity contribution in [1.82, 2.24) is 0 Å². The number of anilines is 2. The Labute approximate surface area is 198 Å². The van der Waals surface area contributed by atoms with Gasteiger partial charge in [0.05, 0.1) is 22.7 Å². The van der Waals surface area contributed by atoms with Crippen molar-refractivity contribution in [2.45, 2.75) is 20.4 Å². The van der Waals surface area contributed by atoms with E-state index in [9.17, 15) is 23.6 Å². The van der Waals surface area contributed by atoms with Crippen LogP contribution in [-0.4, -0.2) is 52.5 Å². The van der Waals surface area contributed by atoms with E-state index in [0.717, 1.165) is 0 Å². The highest BCUT2D eigenvalue weighted by molar-refractivity contribution is 7.67. The molecule has 2 rings (SSSR count). The van der Waals surface area contributed by atoms with E-state index in [1.165, 1.54) is 26.2 Å². The zero-order chi connectivity index (χ0) is 25.4. The number of rotatable bonds is 9. The lowest BCUT2D eigenvalue weighted by atomic mass is 10.2. The molecule has 34 heavy (non-hydrogen) atoms. The molecule has 2 aromatic carbocycles. The second kappa shape index (κ2) is 13.3. The van der Waals surface area contributed by atoms with Gasteiger partial charge in [-0.25, -0.2) is 0 Å². The number of nitrogens with two attached hydrogens (primary N) is 3. The summed E-state index contributed by atoms with van der Waals surface area (Å²) in [5, 5.41) is 17.9. The van der Waals surface area contributed by atoms with Crippen LogP contribution in [0.2, 0.25) is 0 Å². The van der Waals surface area contributed by atoms with Crippen molar-refractivity contribution in [1.29, 1.82) is 0 Å². The molecule has 0 fully saturated rings. The number of aliphatic carboxylic acids is 2. The molecule has 0 saturated carbocycles. The quantitative estimate of drug-likeness (QED) is 0.208. The normalized spacial score (nSPS) is 15.8. The first-order valence-corrected chi connectivity index (χ1v) is 13.3. The average molecular weight is 517 g/mol. The summed E-state index contributed by atoms with van der Waals surface area (Å²) in [4.78, 5) is 31.0. The largest absolute Gasteiger partial charge is 0.481 e. The number of hydrogen-bond donors (Lipinski definition) is 6. The highest BCUT2D eigenvalue weighted by Gasteiger charge is 2.31. The molecule has 11 nitrogen and oxygen atoms in total. The van der Waals surface area contributed by atoms with E-state index in [-0.39, 0.29) is 24.6 Å². The lowest BCUT2D eigenvalue weighted by Crippen LogP contribution is -2.35. The van der Waals surface area contributed by atoms with Crippen molar-refractivity contribution >= 4 is 48.7 Å². The number of nitrogen functional groups attached to an aromatic ring is 2. The molecule has 0 aromatic heterocycles. The SMILES string of the molecule is C.COP(=O)(C[C@H](C)C(=O)O)c1ccccc1N.Nc1ccccc1P(=O)(O)C[C@H](N)C(=O)O. The Balaban J connectivity index is 0.000000623. The van der Waals surface area contributed by atoms with Crippen LogP contribution in [0.1, 0.15) is 14.4 Å². The number of benzene rings is 2. The predicted octanol–water partition coefficient (Wildman–Crippen LogP) is 1.75. The summed E-state index contributed by atoms with van der Waals surface area (Å²) in [6, 6.07) is 11.3. The zero-order valence-electron chi connectivity index (χ0n) is 18.2. The Hall–Kier alpha value is -2.68. The Kier molecular flexibility index (Phi) is 12.2. The topological polar surface area (TPSA) is 216 Å². The number of hydrogen-bond acceptors (Lipinski definition) is 8. The van der Waals surface area contributed by atoms with Crippen LogP contribution in [0.4, 0.5) is 11.4 Å². The van der Waals surface area contributed by atoms with Crippen LogP contribution in [0.25, 0.3) is 0 Å². The monoisotopic (exact) mass is 517 g/mol. The number of carboxylic acid groups (broad SMARTS) is 2. The third kappa shape index (κ3) is 8.59. The summed E-state index contributed by atoms with van der Waals surface area (Å²) < 4.78 is 29.5. The molecule has 4 atom stereocenters. The van der Waals surface area contributed by atoms with E-state index in [4.69, 9.17) is 31.9 Å². The number of para-hydroxylation sites is 2. The van der Waals surface area contributed by atoms with Crippen molar-refractivity contribution in [3.63, 3.8) is 0 Å². The lowest BCUT2D eigenvalue weighted by Gasteiger charge is -2.19. The van der Waals surface area contributed by atoms with Crippen LogP contribution < -0.4 is 27.8 Å². The van der Waals surface area contributed by atoms with E-state index in [0.29, 0.717) is 11.0 Å². The molecule has 0 radical (unpaired) electrons. The molecule has 0 aliphatic rings. The summed E-state index contributed by atoms with van der Waals surface area (Å²) in [5.41, 5.74) is 17.0. The van der Waals surface area contributed by atoms with E-state index < -0.39 is 44.8 Å². The first-order chi connectivity index (χ1) is 15.2. The minimum absolute atomic E-state index is 0. The van der Waals surface area contributed by atoms with Crippen molar-refractivity contribution in [3.8, 4) is 0 Å². The molecule has 2 unspecified atom stereocenters. The summed E-state index contributed by atoms with van der Waals surface area (Å²) in [7, 11) is -5.72. The molecular weight excluding hydrogens is 484 g/mol. The van der Waals surface area contributed by atoms with Gasteiger partial charge in [0.1, 0.15) is 6.04 Å². The van der Waals surface area contributed by atoms with Gasteiger partial charge in [-0.3, -0.25) is 18.7 Å². The minimum atomic E-state index is -3.82. The molecule has 0 aliphatic heterocycles. The standard InChI is InChI=1S/C11H16NO4P.C9H13N2O4P.CH4/c1-8(11(13)14)7-17(15,16-2)10-6-4-3-5-9(10)12;10-6-3-1-2-4-8(6)16(14,15)5-7(11)9(12)13;/h3-6,8H,7,12H2,1-2H3,(H,13,14);1-4,7H,5,10-11H2,(H,12,13)(H,14,15);1H4/t8-,17?;7-;/m00./s1. The Morgan fingerprint density at radius 1 is 0.912 bits per heavy atom. The smallest absolute Gasteiger partial charge is 0.321 e. The zero-order valence-corrected chi connectivity index (χ0v) is 20.0. The van der Waals surface area contributed by atoms with E-state index >= 15 is 0 Å². The average Bonchev–Trinajstić information content (AvgIpc) is 2.74. The van der Waals surface area contributed by atoms with Gasteiger partial charge < -0.3 is 36.8 Å². The summed E-state index contributed by atoms with van der Waals surface area (Å²) in [5.74, 6) is -3.07. The molecule has 9 N–H and O–H groups in total. The maximum atomic E-state index is 12.6. The van der Waals surface area contributed by atoms with Gasteiger partial charge >= 0.3 is 11.9 Å². The highest BCUT2D eigenvalue weighted by Crippen LogP contribution is 2.48. The van der Waals surface area contributed by atoms with Gasteiger partial charge in [-0.15, -0.1) is 0 Å². The van der Waals surface area contributed by atoms with Crippen LogP contribution in [0.15, 0.2) is 48.5 Å². The molecule has 0 spiro atoms. The van der Waals surface area contributed by atoms with E-state index in [1.807, 2.05) is 0 Å². The molecule has 0 heterocycles. The van der Waals surface area contributed by atoms with Gasteiger partial charge in [-0.05, 0) is 24.3 Å². The molecule has 0 bridgehead atoms. The predicted molar refractivity (Wildman–Crippen MR) is 134 cm³/mol. The molecule has 0 saturated heterocycles. The Morgan fingerprint density at radius 3 is 1.74 bits per heavy atom. The fourth-order valence-corrected chi connectivity index (χ4v) is 6.64. The van der Waals surface area contributed by atoms with Gasteiger partial charge in [0, 0.05) is 24.6 Å². The van der Waals surface area contributed by atoms with E-state index in [1.54, 1.807) is 36.4 Å². The fourth-order valence-electron chi connectivity index (χ4n) is 2.76. The molecular formula is C21H33N3O8P2. The molecule has 0 amide bonds. The summed E-state index contributed by atoms with van der Waals surface area (Å²) in [6.45, 7) is 1.49. The maximum Gasteiger partial charge on any atom is 0.321 e. The highest BCUT2D eigenvalue weighted by atomic mass is 31.2. The Morgan fingerprint density at radius 2 is 1.35 bits per heavy atom. The number of carboxylic acids is 2. The third-order valence-electron chi connectivity index (χ3n) is 4.61. The van der Waals surface area contributed by atoms with Crippen molar-refractivity contribution in [2.75, 3.05) is 30.9 Å². The molecule has 13 heteroatoms. The van der Waals surface area contributed by atoms with Crippen molar-refractivity contribution in [2.24, 2.45) is 11.7 Å². The second-order valence-corrected chi connectivity index (χ2v) is 12.0. The van der Waals surface area contributed by atoms with Crippen LogP contribution in [0.3, 0.4) is 0 Å². The maximum absolute atomic E-state index is 12.6. The van der Waals surface area contributed by atoms with Gasteiger partial charge in [0.15, 0.2) is 0 Å². The van der Waals surface area contributed by atoms with Gasteiger partial charge in [0.2, 0.25) is 14.7 Å². The molecule has 0 aliphatic carbocycles. The number of carbonyl (C=O) groups is 2. The van der Waals surface area contributed by atoms with Crippen molar-refractivity contribution in [3.05, 3.63) is 48.5 Å². The van der Waals surface area contributed by atoms with Crippen LogP contribution in [-0.2, 0) is 23.2 Å². The molecule has 2 aromatic rings. The summed E-state index contributed by atoms with van der Waals surface area (Å²) >= 11 is 0. The first-order valence-electron chi connectivity index (χ1n) is 9.63. The first kappa shape index (κ1) is 31.3. The molecule has 190 valence electrons. The third-order valence-corrected chi connectivity index (χ3v) is 9.42. The van der Waals surface area contributed by atoms with Gasteiger partial charge in [-0.1, -0.05) is 38.6 Å². The van der Waals surface area contributed by atoms with Crippen molar-refractivity contribution < 1.29 is 38.3 Å². The summed E-state index contributed by atoms with van der Waals surface area (Å²) in [6.07, 6.45) is -0.594. The van der Waals surface area contributed by atoms with Crippen LogP contribution in [0, 0.1) is 5.92 Å². The Bertz CT molecular complexity index is 1080. The van der Waals surface area contributed by atoms with E-state index in [2.05, 4.69) is 0 Å². The van der Waals surface area contributed by atoms with Gasteiger partial charge in [0.25, 0.3) is 0 Å². The van der Waals surface area contributed by atoms with Crippen LogP contribution in [0.5, 0.6) is 0 Å². The lowest BCUT2D eigenvalue weighted by molar-refractivity contribution is -0.140. The second-order valence-electron chi connectivity index (χ2n) is 7.22.